The van der Waals surface area contributed by atoms with E-state index in [9.17, 15) is 4.79 Å². The van der Waals surface area contributed by atoms with Crippen LogP contribution >= 0.6 is 11.3 Å². The lowest BCUT2D eigenvalue weighted by molar-refractivity contribution is 0.102. The number of benzene rings is 3. The molecule has 0 atom stereocenters. The van der Waals surface area contributed by atoms with Crippen molar-refractivity contribution in [2.45, 2.75) is 6.54 Å². The fourth-order valence-corrected chi connectivity index (χ4v) is 5.01. The minimum atomic E-state index is -0.158. The Morgan fingerprint density at radius 1 is 0.882 bits per heavy atom. The molecule has 34 heavy (non-hydrogen) atoms. The van der Waals surface area contributed by atoms with Gasteiger partial charge in [-0.25, -0.2) is 0 Å². The normalized spacial score (nSPS) is 14.2. The highest BCUT2D eigenvalue weighted by molar-refractivity contribution is 7.13. The summed E-state index contributed by atoms with van der Waals surface area (Å²) in [5.41, 5.74) is 11.5. The standard InChI is InChI=1S/C28H28N4OS/c29-25-13-10-23(27-7-4-18-34-27)19-26(25)30-28(33)22-8-11-24(12-9-22)32-16-14-31(15-17-32)20-21-5-2-1-3-6-21/h1-13,18-19H,14-17,20,29H2,(H,30,33). The van der Waals surface area contributed by atoms with Crippen molar-refractivity contribution in [3.05, 3.63) is 101 Å². The van der Waals surface area contributed by atoms with Crippen LogP contribution in [0.5, 0.6) is 0 Å². The van der Waals surface area contributed by atoms with Gasteiger partial charge in [-0.3, -0.25) is 9.69 Å². The lowest BCUT2D eigenvalue weighted by Gasteiger charge is -2.36. The summed E-state index contributed by atoms with van der Waals surface area (Å²) in [6.07, 6.45) is 0. The first-order valence-corrected chi connectivity index (χ1v) is 12.4. The maximum atomic E-state index is 12.9. The smallest absolute Gasteiger partial charge is 0.255 e. The Morgan fingerprint density at radius 3 is 2.35 bits per heavy atom. The zero-order chi connectivity index (χ0) is 23.3. The molecular weight excluding hydrogens is 440 g/mol. The van der Waals surface area contributed by atoms with Crippen molar-refractivity contribution in [1.29, 1.82) is 0 Å². The van der Waals surface area contributed by atoms with Gasteiger partial charge in [0.15, 0.2) is 0 Å². The molecular formula is C28H28N4OS. The van der Waals surface area contributed by atoms with Crippen molar-refractivity contribution in [1.82, 2.24) is 4.90 Å². The molecule has 0 aliphatic carbocycles. The summed E-state index contributed by atoms with van der Waals surface area (Å²) in [6, 6.07) is 28.3. The summed E-state index contributed by atoms with van der Waals surface area (Å²) >= 11 is 1.66. The van der Waals surface area contributed by atoms with E-state index in [4.69, 9.17) is 5.73 Å². The van der Waals surface area contributed by atoms with Gasteiger partial charge in [-0.1, -0.05) is 42.5 Å². The van der Waals surface area contributed by atoms with Crippen molar-refractivity contribution in [2.24, 2.45) is 0 Å². The molecule has 1 fully saturated rings. The molecule has 0 radical (unpaired) electrons. The van der Waals surface area contributed by atoms with Gasteiger partial charge >= 0.3 is 0 Å². The maximum Gasteiger partial charge on any atom is 0.255 e. The number of hydrogen-bond acceptors (Lipinski definition) is 5. The highest BCUT2D eigenvalue weighted by Crippen LogP contribution is 2.30. The Balaban J connectivity index is 1.19. The van der Waals surface area contributed by atoms with Gasteiger partial charge in [0.2, 0.25) is 0 Å². The van der Waals surface area contributed by atoms with E-state index in [0.29, 0.717) is 16.9 Å². The van der Waals surface area contributed by atoms with E-state index in [1.54, 1.807) is 11.3 Å². The third kappa shape index (κ3) is 5.14. The second kappa shape index (κ2) is 10.1. The zero-order valence-electron chi connectivity index (χ0n) is 19.0. The van der Waals surface area contributed by atoms with Crippen LogP contribution in [-0.2, 0) is 6.54 Å². The topological polar surface area (TPSA) is 61.6 Å². The average Bonchev–Trinajstić information content (AvgIpc) is 3.42. The number of anilines is 3. The van der Waals surface area contributed by atoms with Crippen molar-refractivity contribution in [2.75, 3.05) is 42.1 Å². The molecule has 6 heteroatoms. The Bertz CT molecular complexity index is 1230. The van der Waals surface area contributed by atoms with Crippen molar-refractivity contribution in [3.8, 4) is 10.4 Å². The van der Waals surface area contributed by atoms with Gasteiger partial charge in [-0.05, 0) is 59.0 Å². The molecule has 1 aliphatic rings. The number of nitrogens with two attached hydrogens (primary N) is 1. The van der Waals surface area contributed by atoms with Gasteiger partial charge in [0.05, 0.1) is 11.4 Å². The van der Waals surface area contributed by atoms with Crippen molar-refractivity contribution >= 4 is 34.3 Å². The zero-order valence-corrected chi connectivity index (χ0v) is 19.8. The second-order valence-electron chi connectivity index (χ2n) is 8.53. The number of piperazine rings is 1. The van der Waals surface area contributed by atoms with Gasteiger partial charge < -0.3 is 16.0 Å². The predicted octanol–water partition coefficient (Wildman–Crippen LogP) is 5.57. The Morgan fingerprint density at radius 2 is 1.65 bits per heavy atom. The lowest BCUT2D eigenvalue weighted by atomic mass is 10.1. The molecule has 172 valence electrons. The van der Waals surface area contributed by atoms with E-state index in [2.05, 4.69) is 51.5 Å². The number of nitrogen functional groups attached to an aromatic ring is 1. The summed E-state index contributed by atoms with van der Waals surface area (Å²) in [7, 11) is 0. The minimum Gasteiger partial charge on any atom is -0.397 e. The number of rotatable bonds is 6. The van der Waals surface area contributed by atoms with E-state index in [1.165, 1.54) is 5.56 Å². The Labute approximate surface area is 204 Å². The van der Waals surface area contributed by atoms with Gasteiger partial charge in [-0.2, -0.15) is 0 Å². The van der Waals surface area contributed by atoms with Crippen LogP contribution in [0, 0.1) is 0 Å². The van der Waals surface area contributed by atoms with Crippen LogP contribution in [0.3, 0.4) is 0 Å². The monoisotopic (exact) mass is 468 g/mol. The number of carbonyl (C=O) groups is 1. The van der Waals surface area contributed by atoms with Crippen molar-refractivity contribution < 1.29 is 4.79 Å². The van der Waals surface area contributed by atoms with E-state index < -0.39 is 0 Å². The quantitative estimate of drug-likeness (QED) is 0.363. The summed E-state index contributed by atoms with van der Waals surface area (Å²) in [4.78, 5) is 18.9. The third-order valence-corrected chi connectivity index (χ3v) is 7.14. The number of nitrogens with one attached hydrogen (secondary N) is 1. The molecule has 1 amide bonds. The van der Waals surface area contributed by atoms with E-state index >= 15 is 0 Å². The van der Waals surface area contributed by atoms with Crippen molar-refractivity contribution in [3.63, 3.8) is 0 Å². The van der Waals surface area contributed by atoms with Crippen LogP contribution in [0.4, 0.5) is 17.1 Å². The Hall–Kier alpha value is -3.61. The molecule has 3 aromatic carbocycles. The number of thiophene rings is 1. The summed E-state index contributed by atoms with van der Waals surface area (Å²) < 4.78 is 0. The first-order chi connectivity index (χ1) is 16.7. The Kier molecular flexibility index (Phi) is 6.60. The molecule has 1 saturated heterocycles. The van der Waals surface area contributed by atoms with Crippen LogP contribution in [-0.4, -0.2) is 37.0 Å². The first kappa shape index (κ1) is 22.2. The SMILES string of the molecule is Nc1ccc(-c2cccs2)cc1NC(=O)c1ccc(N2CCN(Cc3ccccc3)CC2)cc1. The largest absolute Gasteiger partial charge is 0.397 e. The van der Waals surface area contributed by atoms with Crippen LogP contribution < -0.4 is 16.0 Å². The summed E-state index contributed by atoms with van der Waals surface area (Å²) in [5.74, 6) is -0.158. The number of amides is 1. The highest BCUT2D eigenvalue weighted by atomic mass is 32.1. The molecule has 3 N–H and O–H groups in total. The van der Waals surface area contributed by atoms with E-state index in [-0.39, 0.29) is 5.91 Å². The fourth-order valence-electron chi connectivity index (χ4n) is 4.28. The third-order valence-electron chi connectivity index (χ3n) is 6.22. The van der Waals surface area contributed by atoms with Crippen LogP contribution in [0.1, 0.15) is 15.9 Å². The van der Waals surface area contributed by atoms with Crippen LogP contribution in [0.2, 0.25) is 0 Å². The molecule has 2 heterocycles. The van der Waals surface area contributed by atoms with E-state index in [1.807, 2.05) is 53.9 Å². The molecule has 0 unspecified atom stereocenters. The van der Waals surface area contributed by atoms with Crippen LogP contribution in [0.25, 0.3) is 10.4 Å². The average molecular weight is 469 g/mol. The fraction of sp³-hybridized carbons (Fsp3) is 0.179. The van der Waals surface area contributed by atoms with E-state index in [0.717, 1.165) is 48.9 Å². The van der Waals surface area contributed by atoms with Crippen LogP contribution in [0.15, 0.2) is 90.3 Å². The van der Waals surface area contributed by atoms with Gasteiger partial charge in [-0.15, -0.1) is 11.3 Å². The molecule has 0 saturated carbocycles. The molecule has 1 aromatic heterocycles. The van der Waals surface area contributed by atoms with Gasteiger partial charge in [0, 0.05) is 48.9 Å². The summed E-state index contributed by atoms with van der Waals surface area (Å²) in [5, 5.41) is 5.01. The molecule has 4 aromatic rings. The predicted molar refractivity (Wildman–Crippen MR) is 142 cm³/mol. The molecule has 0 bridgehead atoms. The summed E-state index contributed by atoms with van der Waals surface area (Å²) in [6.45, 7) is 4.99. The molecule has 0 spiro atoms. The molecule has 1 aliphatic heterocycles. The first-order valence-electron chi connectivity index (χ1n) is 11.5. The number of carbonyl (C=O) groups excluding carboxylic acids is 1. The minimum absolute atomic E-state index is 0.158. The number of hydrogen-bond donors (Lipinski definition) is 2. The molecule has 5 rings (SSSR count). The highest BCUT2D eigenvalue weighted by Gasteiger charge is 2.18. The number of nitrogens with zero attached hydrogens (tertiary/aromatic N) is 2. The second-order valence-corrected chi connectivity index (χ2v) is 9.48. The van der Waals surface area contributed by atoms with Gasteiger partial charge in [0.25, 0.3) is 5.91 Å². The molecule has 5 nitrogen and oxygen atoms in total. The maximum absolute atomic E-state index is 12.9. The lowest BCUT2D eigenvalue weighted by Crippen LogP contribution is -2.45. The van der Waals surface area contributed by atoms with Gasteiger partial charge in [0.1, 0.15) is 0 Å².